The first-order chi connectivity index (χ1) is 10.4. The van der Waals surface area contributed by atoms with Crippen LogP contribution in [-0.4, -0.2) is 0 Å². The lowest BCUT2D eigenvalue weighted by atomic mass is 9.68. The molecule has 0 heterocycles. The van der Waals surface area contributed by atoms with E-state index in [1.165, 1.54) is 112 Å². The monoisotopic (exact) mass is 274 g/mol. The maximum atomic E-state index is 2.89. The Labute approximate surface area is 125 Å². The minimum Gasteiger partial charge on any atom is -0.0588 e. The van der Waals surface area contributed by atoms with E-state index < -0.39 is 0 Å². The molecule has 0 aromatic carbocycles. The quantitative estimate of drug-likeness (QED) is 0.637. The van der Waals surface area contributed by atoms with Gasteiger partial charge in [0, 0.05) is 0 Å². The highest BCUT2D eigenvalue weighted by Gasteiger charge is 3.01. The molecule has 12 rings (SSSR count). The van der Waals surface area contributed by atoms with Crippen LogP contribution >= 0.6 is 0 Å². The summed E-state index contributed by atoms with van der Waals surface area (Å²) in [5.74, 6) is 24.8. The van der Waals surface area contributed by atoms with Crippen LogP contribution in [0.3, 0.4) is 0 Å². The second-order valence-electron chi connectivity index (χ2n) is 12.2. The number of rotatable bonds is 0. The highest BCUT2D eigenvalue weighted by atomic mass is 15.0. The van der Waals surface area contributed by atoms with Crippen molar-refractivity contribution in [3.05, 3.63) is 0 Å². The maximum Gasteiger partial charge on any atom is -0.0224 e. The van der Waals surface area contributed by atoms with Crippen LogP contribution in [0.5, 0.6) is 0 Å². The zero-order valence-electron chi connectivity index (χ0n) is 12.5. The van der Waals surface area contributed by atoms with Gasteiger partial charge in [0.05, 0.1) is 0 Å². The average Bonchev–Trinajstić information content (AvgIpc) is 3.10. The number of hydrogen-bond donors (Lipinski definition) is 0. The minimum atomic E-state index is 0.901. The van der Waals surface area contributed by atoms with Gasteiger partial charge in [-0.15, -0.1) is 0 Å². The molecule has 12 saturated carbocycles. The van der Waals surface area contributed by atoms with Crippen LogP contribution in [0.25, 0.3) is 0 Å². The van der Waals surface area contributed by atoms with Crippen molar-refractivity contribution in [1.82, 2.24) is 0 Å². The fraction of sp³-hybridized carbons (Fsp3) is 1.00. The molecule has 0 saturated heterocycles. The Morgan fingerprint density at radius 3 is 0.762 bits per heavy atom. The molecule has 0 amide bonds. The average molecular weight is 274 g/mol. The van der Waals surface area contributed by atoms with Crippen LogP contribution in [0.1, 0.15) is 6.92 Å². The van der Waals surface area contributed by atoms with Crippen molar-refractivity contribution in [2.45, 2.75) is 6.92 Å². The van der Waals surface area contributed by atoms with Crippen LogP contribution in [0.4, 0.5) is 0 Å². The lowest BCUT2D eigenvalue weighted by Gasteiger charge is -2.36. The zero-order valence-corrected chi connectivity index (χ0v) is 12.5. The molecule has 0 bridgehead atoms. The van der Waals surface area contributed by atoms with Gasteiger partial charge in [-0.1, -0.05) is 6.92 Å². The van der Waals surface area contributed by atoms with E-state index in [4.69, 9.17) is 0 Å². The molecular weight excluding hydrogens is 252 g/mol. The largest absolute Gasteiger partial charge is 0.0588 e. The smallest absolute Gasteiger partial charge is 0.0224 e. The molecule has 0 N–H and O–H groups in total. The molecule has 0 radical (unpaired) electrons. The molecule has 0 aromatic heterocycles. The molecule has 0 spiro atoms. The van der Waals surface area contributed by atoms with Gasteiger partial charge in [0.25, 0.3) is 0 Å². The summed E-state index contributed by atoms with van der Waals surface area (Å²) in [7, 11) is 0. The van der Waals surface area contributed by atoms with Crippen molar-refractivity contribution in [3.63, 3.8) is 0 Å². The number of hydrogen-bond acceptors (Lipinski definition) is 0. The van der Waals surface area contributed by atoms with Crippen molar-refractivity contribution in [3.8, 4) is 0 Å². The van der Waals surface area contributed by atoms with E-state index in [1.54, 1.807) is 0 Å². The summed E-state index contributed by atoms with van der Waals surface area (Å²) < 4.78 is 0. The van der Waals surface area contributed by atoms with Crippen LogP contribution in [-0.2, 0) is 0 Å². The predicted octanol–water partition coefficient (Wildman–Crippen LogP) is 2.85. The maximum absolute atomic E-state index is 2.89. The Hall–Kier alpha value is 0. The summed E-state index contributed by atoms with van der Waals surface area (Å²) >= 11 is 0. The predicted molar refractivity (Wildman–Crippen MR) is 74.4 cm³/mol. The van der Waals surface area contributed by atoms with Gasteiger partial charge in [0.2, 0.25) is 0 Å². The van der Waals surface area contributed by atoms with Crippen molar-refractivity contribution in [1.29, 1.82) is 0 Å². The zero-order chi connectivity index (χ0) is 12.5. The Bertz CT molecular complexity index is 605. The first kappa shape index (κ1) is 8.74. The van der Waals surface area contributed by atoms with Gasteiger partial charge in [-0.2, -0.15) is 0 Å². The van der Waals surface area contributed by atoms with Crippen molar-refractivity contribution in [2.75, 3.05) is 0 Å². The van der Waals surface area contributed by atoms with Crippen LogP contribution in [0, 0.1) is 118 Å². The molecule has 21 heavy (non-hydrogen) atoms. The van der Waals surface area contributed by atoms with E-state index in [1.807, 2.05) is 0 Å². The first-order valence-corrected chi connectivity index (χ1v) is 10.4. The van der Waals surface area contributed by atoms with E-state index >= 15 is 0 Å². The highest BCUT2D eigenvalue weighted by Crippen LogP contribution is 3.04. The fourth-order valence-corrected chi connectivity index (χ4v) is 16.0. The second kappa shape index (κ2) is 1.82. The van der Waals surface area contributed by atoms with Gasteiger partial charge < -0.3 is 0 Å². The molecule has 8 unspecified atom stereocenters. The normalized spacial score (nSPS) is 107. The van der Waals surface area contributed by atoms with Crippen LogP contribution < -0.4 is 0 Å². The Morgan fingerprint density at radius 2 is 0.524 bits per heavy atom. The van der Waals surface area contributed by atoms with E-state index in [-0.39, 0.29) is 0 Å². The fourth-order valence-electron chi connectivity index (χ4n) is 16.0. The third kappa shape index (κ3) is 0.408. The molecular formula is C21H22. The molecule has 12 aliphatic carbocycles. The molecule has 0 heteroatoms. The first-order valence-electron chi connectivity index (χ1n) is 10.4. The van der Waals surface area contributed by atoms with Crippen molar-refractivity contribution >= 4 is 0 Å². The van der Waals surface area contributed by atoms with Crippen LogP contribution in [0.2, 0.25) is 0 Å². The summed E-state index contributed by atoms with van der Waals surface area (Å²) in [4.78, 5) is 0. The second-order valence-corrected chi connectivity index (χ2v) is 12.2. The van der Waals surface area contributed by atoms with E-state index in [2.05, 4.69) is 6.92 Å². The molecule has 12 aliphatic rings. The molecule has 20 atom stereocenters. The van der Waals surface area contributed by atoms with E-state index in [9.17, 15) is 0 Å². The third-order valence-corrected chi connectivity index (χ3v) is 14.0. The van der Waals surface area contributed by atoms with E-state index in [0.29, 0.717) is 0 Å². The molecule has 0 aromatic rings. The Morgan fingerprint density at radius 1 is 0.333 bits per heavy atom. The summed E-state index contributed by atoms with van der Waals surface area (Å²) in [5, 5.41) is 0. The highest BCUT2D eigenvalue weighted by molar-refractivity contribution is 5.47. The molecule has 12 fully saturated rings. The van der Waals surface area contributed by atoms with Gasteiger partial charge in [0.1, 0.15) is 0 Å². The molecule has 106 valence electrons. The summed E-state index contributed by atoms with van der Waals surface area (Å²) in [6, 6.07) is 0. The summed E-state index contributed by atoms with van der Waals surface area (Å²) in [6.45, 7) is 2.89. The van der Waals surface area contributed by atoms with Gasteiger partial charge in [-0.3, -0.25) is 0 Å². The van der Waals surface area contributed by atoms with Crippen LogP contribution in [0.15, 0.2) is 0 Å². The Balaban J connectivity index is 1.49. The van der Waals surface area contributed by atoms with Gasteiger partial charge in [0.15, 0.2) is 0 Å². The SMILES string of the molecule is CC12C3[C@@H]4[C@@H]5C6C7C8[C@@H]5[C@@H]3[C@H]3C1[C@H]1[C@@H](C7[C@@H]5[C@@H]6[C@@H]4C2[C@@H]51)[C@H]83. The van der Waals surface area contributed by atoms with Gasteiger partial charge >= 0.3 is 0 Å². The van der Waals surface area contributed by atoms with Crippen molar-refractivity contribution < 1.29 is 0 Å². The standard InChI is InChI=1S/C21H22/c1-21-18-12-6-3-2-4-8(6)14(18)16-10(4)11-5(2)9-7(3)13(12)19(21)15(9)17(11)20(16)21/h2-20H,1H3/t2?,3?,4?,5?,6-,7-,8-,9+,10+,11+,12-,13+,14-,15+,16-,17-,18?,19?,20?,21?/m0/s1. The topological polar surface area (TPSA) is 0 Å². The van der Waals surface area contributed by atoms with Gasteiger partial charge in [-0.05, 0) is 118 Å². The lowest BCUT2D eigenvalue weighted by molar-refractivity contribution is 0.104. The minimum absolute atomic E-state index is 0.901. The third-order valence-electron chi connectivity index (χ3n) is 14.0. The van der Waals surface area contributed by atoms with Crippen molar-refractivity contribution in [2.24, 2.45) is 118 Å². The lowest BCUT2D eigenvalue weighted by Crippen LogP contribution is -2.33. The van der Waals surface area contributed by atoms with E-state index in [0.717, 1.165) is 5.41 Å². The van der Waals surface area contributed by atoms with Gasteiger partial charge in [-0.25, -0.2) is 0 Å². The Kier molecular flexibility index (Phi) is 0.757. The molecule has 0 nitrogen and oxygen atoms in total. The molecule has 0 aliphatic heterocycles. The summed E-state index contributed by atoms with van der Waals surface area (Å²) in [6.07, 6.45) is 0. The summed E-state index contributed by atoms with van der Waals surface area (Å²) in [5.41, 5.74) is 0.901.